The zero-order valence-electron chi connectivity index (χ0n) is 14.5. The van der Waals surface area contributed by atoms with Crippen molar-refractivity contribution in [3.63, 3.8) is 0 Å². The van der Waals surface area contributed by atoms with Crippen LogP contribution in [0.25, 0.3) is 0 Å². The Morgan fingerprint density at radius 1 is 1.12 bits per heavy atom. The number of nitrogens with one attached hydrogen (secondary N) is 1. The highest BCUT2D eigenvalue weighted by Gasteiger charge is 2.22. The van der Waals surface area contributed by atoms with E-state index >= 15 is 0 Å². The molecular formula is C20H24N2O3. The fraction of sp³-hybridized carbons (Fsp3) is 0.400. The van der Waals surface area contributed by atoms with E-state index in [9.17, 15) is 4.79 Å². The molecular weight excluding hydrogens is 316 g/mol. The van der Waals surface area contributed by atoms with E-state index in [1.165, 1.54) is 19.3 Å². The van der Waals surface area contributed by atoms with Crippen molar-refractivity contribution < 1.29 is 14.3 Å². The second-order valence-electron chi connectivity index (χ2n) is 6.47. The fourth-order valence-electron chi connectivity index (χ4n) is 3.06. The van der Waals surface area contributed by atoms with Gasteiger partial charge < -0.3 is 14.8 Å². The van der Waals surface area contributed by atoms with E-state index in [4.69, 9.17) is 9.47 Å². The predicted octanol–water partition coefficient (Wildman–Crippen LogP) is 3.95. The van der Waals surface area contributed by atoms with Crippen LogP contribution in [0.15, 0.2) is 48.7 Å². The second kappa shape index (κ2) is 8.51. The van der Waals surface area contributed by atoms with Gasteiger partial charge in [-0.25, -0.2) is 4.98 Å². The zero-order chi connectivity index (χ0) is 17.5. The van der Waals surface area contributed by atoms with Crippen LogP contribution in [0.3, 0.4) is 0 Å². The molecule has 1 N–H and O–H groups in total. The highest BCUT2D eigenvalue weighted by atomic mass is 16.5. The molecule has 0 saturated heterocycles. The number of hydrogen-bond acceptors (Lipinski definition) is 4. The van der Waals surface area contributed by atoms with Gasteiger partial charge in [0, 0.05) is 18.3 Å². The Labute approximate surface area is 148 Å². The van der Waals surface area contributed by atoms with E-state index in [2.05, 4.69) is 17.2 Å². The quantitative estimate of drug-likeness (QED) is 0.865. The lowest BCUT2D eigenvalue weighted by Gasteiger charge is -2.29. The Hall–Kier alpha value is -2.56. The van der Waals surface area contributed by atoms with E-state index in [0.29, 0.717) is 23.3 Å². The largest absolute Gasteiger partial charge is 0.484 e. The molecule has 1 aromatic heterocycles. The van der Waals surface area contributed by atoms with Gasteiger partial charge in [-0.05, 0) is 49.1 Å². The first-order chi connectivity index (χ1) is 12.2. The van der Waals surface area contributed by atoms with Crippen molar-refractivity contribution in [2.45, 2.75) is 38.6 Å². The number of nitrogens with zero attached hydrogens (tertiary/aromatic N) is 1. The maximum atomic E-state index is 12.1. The van der Waals surface area contributed by atoms with Crippen molar-refractivity contribution in [1.82, 2.24) is 10.3 Å². The molecule has 132 valence electrons. The normalized spacial score (nSPS) is 19.9. The first kappa shape index (κ1) is 17.3. The fourth-order valence-corrected chi connectivity index (χ4v) is 3.06. The van der Waals surface area contributed by atoms with Crippen molar-refractivity contribution in [2.75, 3.05) is 6.61 Å². The molecule has 0 bridgehead atoms. The Morgan fingerprint density at radius 3 is 2.60 bits per heavy atom. The summed E-state index contributed by atoms with van der Waals surface area (Å²) in [5.74, 6) is 2.33. The molecule has 2 aromatic rings. The zero-order valence-corrected chi connectivity index (χ0v) is 14.5. The summed E-state index contributed by atoms with van der Waals surface area (Å²) in [6.07, 6.45) is 6.37. The number of ether oxygens (including phenoxy) is 2. The number of pyridine rings is 1. The first-order valence-corrected chi connectivity index (χ1v) is 8.82. The summed E-state index contributed by atoms with van der Waals surface area (Å²) in [4.78, 5) is 16.2. The van der Waals surface area contributed by atoms with Crippen LogP contribution in [0.4, 0.5) is 0 Å². The molecule has 1 aliphatic carbocycles. The summed E-state index contributed by atoms with van der Waals surface area (Å²) >= 11 is 0. The van der Waals surface area contributed by atoms with Crippen LogP contribution in [0, 0.1) is 5.92 Å². The minimum atomic E-state index is -0.0624. The third-order valence-corrected chi connectivity index (χ3v) is 4.51. The van der Waals surface area contributed by atoms with Crippen LogP contribution >= 0.6 is 0 Å². The average Bonchev–Trinajstić information content (AvgIpc) is 2.64. The number of carbonyl (C=O) groups is 1. The molecule has 1 saturated carbocycles. The maximum absolute atomic E-state index is 12.1. The van der Waals surface area contributed by atoms with Crippen LogP contribution in [0.2, 0.25) is 0 Å². The Kier molecular flexibility index (Phi) is 5.88. The lowest BCUT2D eigenvalue weighted by atomic mass is 9.86. The Balaban J connectivity index is 1.46. The number of benzene rings is 1. The summed E-state index contributed by atoms with van der Waals surface area (Å²) in [6, 6.07) is 12.9. The van der Waals surface area contributed by atoms with Gasteiger partial charge in [0.25, 0.3) is 5.91 Å². The molecule has 5 nitrogen and oxygen atoms in total. The molecule has 25 heavy (non-hydrogen) atoms. The Bertz CT molecular complexity index is 673. The number of hydrogen-bond donors (Lipinski definition) is 1. The predicted molar refractivity (Wildman–Crippen MR) is 95.8 cm³/mol. The smallest absolute Gasteiger partial charge is 0.258 e. The summed E-state index contributed by atoms with van der Waals surface area (Å²) in [7, 11) is 0. The second-order valence-corrected chi connectivity index (χ2v) is 6.47. The topological polar surface area (TPSA) is 60.5 Å². The third-order valence-electron chi connectivity index (χ3n) is 4.51. The van der Waals surface area contributed by atoms with Crippen LogP contribution in [-0.2, 0) is 4.79 Å². The van der Waals surface area contributed by atoms with Gasteiger partial charge in [0.05, 0.1) is 0 Å². The van der Waals surface area contributed by atoms with Gasteiger partial charge in [-0.2, -0.15) is 0 Å². The summed E-state index contributed by atoms with van der Waals surface area (Å²) in [5.41, 5.74) is 0. The number of aromatic nitrogens is 1. The molecule has 2 atom stereocenters. The van der Waals surface area contributed by atoms with Crippen LogP contribution in [0.1, 0.15) is 32.6 Å². The van der Waals surface area contributed by atoms with Gasteiger partial charge in [0.15, 0.2) is 6.61 Å². The lowest BCUT2D eigenvalue weighted by Crippen LogP contribution is -2.43. The van der Waals surface area contributed by atoms with Crippen molar-refractivity contribution in [1.29, 1.82) is 0 Å². The molecule has 5 heteroatoms. The van der Waals surface area contributed by atoms with Gasteiger partial charge in [-0.15, -0.1) is 0 Å². The molecule has 1 amide bonds. The van der Waals surface area contributed by atoms with Crippen molar-refractivity contribution in [3.8, 4) is 17.4 Å². The van der Waals surface area contributed by atoms with E-state index in [1.54, 1.807) is 36.5 Å². The molecule has 1 aromatic carbocycles. The van der Waals surface area contributed by atoms with Gasteiger partial charge in [-0.1, -0.05) is 25.8 Å². The highest BCUT2D eigenvalue weighted by molar-refractivity contribution is 5.77. The van der Waals surface area contributed by atoms with E-state index in [-0.39, 0.29) is 18.6 Å². The van der Waals surface area contributed by atoms with Gasteiger partial charge in [-0.3, -0.25) is 4.79 Å². The van der Waals surface area contributed by atoms with E-state index in [1.807, 2.05) is 12.1 Å². The minimum absolute atomic E-state index is 0.0314. The van der Waals surface area contributed by atoms with Crippen LogP contribution in [-0.4, -0.2) is 23.5 Å². The van der Waals surface area contributed by atoms with Crippen LogP contribution in [0.5, 0.6) is 17.4 Å². The summed E-state index contributed by atoms with van der Waals surface area (Å²) in [6.45, 7) is 2.23. The molecule has 0 spiro atoms. The van der Waals surface area contributed by atoms with E-state index < -0.39 is 0 Å². The monoisotopic (exact) mass is 340 g/mol. The lowest BCUT2D eigenvalue weighted by molar-refractivity contribution is -0.124. The molecule has 0 aliphatic heterocycles. The van der Waals surface area contributed by atoms with E-state index in [0.717, 1.165) is 6.42 Å². The van der Waals surface area contributed by atoms with Gasteiger partial charge in [0.1, 0.15) is 11.5 Å². The average molecular weight is 340 g/mol. The summed E-state index contributed by atoms with van der Waals surface area (Å²) in [5, 5.41) is 3.09. The van der Waals surface area contributed by atoms with Crippen molar-refractivity contribution in [3.05, 3.63) is 48.7 Å². The van der Waals surface area contributed by atoms with Crippen molar-refractivity contribution in [2.24, 2.45) is 5.92 Å². The molecule has 0 radical (unpaired) electrons. The molecule has 2 unspecified atom stereocenters. The molecule has 1 aliphatic rings. The number of carbonyl (C=O) groups excluding carboxylic acids is 1. The highest BCUT2D eigenvalue weighted by Crippen LogP contribution is 2.24. The van der Waals surface area contributed by atoms with Crippen LogP contribution < -0.4 is 14.8 Å². The molecule has 1 fully saturated rings. The summed E-state index contributed by atoms with van der Waals surface area (Å²) < 4.78 is 11.2. The number of rotatable bonds is 6. The first-order valence-electron chi connectivity index (χ1n) is 8.82. The minimum Gasteiger partial charge on any atom is -0.484 e. The SMILES string of the molecule is CC1CCCCC1NC(=O)COc1ccc(Oc2ccccn2)cc1. The number of amides is 1. The maximum Gasteiger partial charge on any atom is 0.258 e. The van der Waals surface area contributed by atoms with Crippen molar-refractivity contribution >= 4 is 5.91 Å². The Morgan fingerprint density at radius 2 is 1.88 bits per heavy atom. The molecule has 3 rings (SSSR count). The van der Waals surface area contributed by atoms with Gasteiger partial charge in [0.2, 0.25) is 5.88 Å². The standard InChI is InChI=1S/C20H24N2O3/c1-15-6-2-3-7-18(15)22-19(23)14-24-16-9-11-17(12-10-16)25-20-8-4-5-13-21-20/h4-5,8-13,15,18H,2-3,6-7,14H2,1H3,(H,22,23). The molecule has 1 heterocycles. The third kappa shape index (κ3) is 5.21. The van der Waals surface area contributed by atoms with Gasteiger partial charge >= 0.3 is 0 Å².